The molecule has 6 heteroatoms. The average molecular weight is 350 g/mol. The third kappa shape index (κ3) is 4.16. The van der Waals surface area contributed by atoms with Gasteiger partial charge in [0, 0.05) is 31.7 Å². The summed E-state index contributed by atoms with van der Waals surface area (Å²) in [6, 6.07) is 7.08. The first kappa shape index (κ1) is 17.4. The van der Waals surface area contributed by atoms with Gasteiger partial charge in [0.2, 0.25) is 10.0 Å². The normalized spacial score (nSPS) is 20.1. The summed E-state index contributed by atoms with van der Waals surface area (Å²) in [7, 11) is -3.25. The molecule has 1 amide bonds. The van der Waals surface area contributed by atoms with Crippen molar-refractivity contribution < 1.29 is 13.2 Å². The molecular formula is C18H26N2O3S. The predicted octanol–water partition coefficient (Wildman–Crippen LogP) is 2.63. The van der Waals surface area contributed by atoms with Gasteiger partial charge in [-0.25, -0.2) is 12.7 Å². The molecule has 132 valence electrons. The van der Waals surface area contributed by atoms with Crippen molar-refractivity contribution in [2.75, 3.05) is 26.2 Å². The summed E-state index contributed by atoms with van der Waals surface area (Å²) in [6.45, 7) is 2.91. The minimum absolute atomic E-state index is 0.0190. The molecule has 0 atom stereocenters. The summed E-state index contributed by atoms with van der Waals surface area (Å²) in [5.41, 5.74) is 1.40. The number of rotatable bonds is 4. The van der Waals surface area contributed by atoms with E-state index in [1.807, 2.05) is 4.90 Å². The summed E-state index contributed by atoms with van der Waals surface area (Å²) < 4.78 is 26.5. The summed E-state index contributed by atoms with van der Waals surface area (Å²) in [5, 5.41) is 0. The lowest BCUT2D eigenvalue weighted by Gasteiger charge is -2.27. The summed E-state index contributed by atoms with van der Waals surface area (Å²) in [4.78, 5) is 14.3. The smallest absolute Gasteiger partial charge is 0.253 e. The van der Waals surface area contributed by atoms with E-state index in [1.54, 1.807) is 28.6 Å². The summed E-state index contributed by atoms with van der Waals surface area (Å²) in [6.07, 6.45) is 6.33. The first-order valence-corrected chi connectivity index (χ1v) is 10.5. The van der Waals surface area contributed by atoms with Gasteiger partial charge in [0.05, 0.1) is 5.75 Å². The fraction of sp³-hybridized carbons (Fsp3) is 0.611. The third-order valence-corrected chi connectivity index (χ3v) is 6.75. The lowest BCUT2D eigenvalue weighted by Crippen LogP contribution is -2.36. The SMILES string of the molecule is O=C(c1ccc(CS(=O)(=O)N2CCCCC2)cc1)N1CCCCC1. The van der Waals surface area contributed by atoms with Crippen LogP contribution in [0.3, 0.4) is 0 Å². The number of amides is 1. The maximum atomic E-state index is 12.5. The lowest BCUT2D eigenvalue weighted by atomic mass is 10.1. The molecule has 2 fully saturated rings. The number of sulfonamides is 1. The zero-order chi connectivity index (χ0) is 17.0. The third-order valence-electron chi connectivity index (χ3n) is 4.90. The van der Waals surface area contributed by atoms with Crippen LogP contribution in [0.25, 0.3) is 0 Å². The van der Waals surface area contributed by atoms with Gasteiger partial charge in [-0.15, -0.1) is 0 Å². The van der Waals surface area contributed by atoms with E-state index >= 15 is 0 Å². The van der Waals surface area contributed by atoms with Gasteiger partial charge in [-0.05, 0) is 49.8 Å². The summed E-state index contributed by atoms with van der Waals surface area (Å²) >= 11 is 0. The van der Waals surface area contributed by atoms with Gasteiger partial charge >= 0.3 is 0 Å². The topological polar surface area (TPSA) is 57.7 Å². The molecule has 0 aliphatic carbocycles. The van der Waals surface area contributed by atoms with Crippen molar-refractivity contribution in [3.8, 4) is 0 Å². The van der Waals surface area contributed by atoms with Gasteiger partial charge in [-0.3, -0.25) is 4.79 Å². The fourth-order valence-corrected chi connectivity index (χ4v) is 5.08. The van der Waals surface area contributed by atoms with Crippen LogP contribution in [-0.4, -0.2) is 49.7 Å². The zero-order valence-electron chi connectivity index (χ0n) is 14.1. The van der Waals surface area contributed by atoms with Gasteiger partial charge in [0.25, 0.3) is 5.91 Å². The van der Waals surface area contributed by atoms with Crippen molar-refractivity contribution in [2.45, 2.75) is 44.3 Å². The Hall–Kier alpha value is -1.40. The molecule has 2 aliphatic heterocycles. The standard InChI is InChI=1S/C18H26N2O3S/c21-18(19-11-3-1-4-12-19)17-9-7-16(8-10-17)15-24(22,23)20-13-5-2-6-14-20/h7-10H,1-6,11-15H2. The van der Waals surface area contributed by atoms with E-state index in [4.69, 9.17) is 0 Å². The highest BCUT2D eigenvalue weighted by molar-refractivity contribution is 7.88. The van der Waals surface area contributed by atoms with Gasteiger partial charge in [0.15, 0.2) is 0 Å². The second kappa shape index (κ2) is 7.66. The second-order valence-electron chi connectivity index (χ2n) is 6.77. The van der Waals surface area contributed by atoms with Crippen molar-refractivity contribution >= 4 is 15.9 Å². The van der Waals surface area contributed by atoms with E-state index in [-0.39, 0.29) is 11.7 Å². The van der Waals surface area contributed by atoms with Crippen molar-refractivity contribution in [1.82, 2.24) is 9.21 Å². The molecule has 24 heavy (non-hydrogen) atoms. The highest BCUT2D eigenvalue weighted by atomic mass is 32.2. The van der Waals surface area contributed by atoms with Gasteiger partial charge in [0.1, 0.15) is 0 Å². The largest absolute Gasteiger partial charge is 0.339 e. The van der Waals surface area contributed by atoms with Crippen LogP contribution in [0.15, 0.2) is 24.3 Å². The van der Waals surface area contributed by atoms with E-state index < -0.39 is 10.0 Å². The monoisotopic (exact) mass is 350 g/mol. The molecule has 0 bridgehead atoms. The van der Waals surface area contributed by atoms with Crippen molar-refractivity contribution in [3.05, 3.63) is 35.4 Å². The van der Waals surface area contributed by atoms with Gasteiger partial charge < -0.3 is 4.90 Å². The fourth-order valence-electron chi connectivity index (χ4n) is 3.47. The second-order valence-corrected chi connectivity index (χ2v) is 8.73. The average Bonchev–Trinajstić information content (AvgIpc) is 2.63. The maximum absolute atomic E-state index is 12.5. The Labute approximate surface area is 144 Å². The van der Waals surface area contributed by atoms with Crippen molar-refractivity contribution in [2.24, 2.45) is 0 Å². The number of hydrogen-bond donors (Lipinski definition) is 0. The van der Waals surface area contributed by atoms with Crippen molar-refractivity contribution in [3.63, 3.8) is 0 Å². The van der Waals surface area contributed by atoms with Crippen LogP contribution in [0.5, 0.6) is 0 Å². The number of nitrogens with zero attached hydrogens (tertiary/aromatic N) is 2. The molecule has 1 aromatic rings. The van der Waals surface area contributed by atoms with Crippen LogP contribution in [0.4, 0.5) is 0 Å². The molecule has 0 spiro atoms. The first-order valence-electron chi connectivity index (χ1n) is 8.92. The molecule has 0 N–H and O–H groups in total. The number of carbonyl (C=O) groups is 1. The van der Waals surface area contributed by atoms with Gasteiger partial charge in [-0.1, -0.05) is 18.6 Å². The van der Waals surface area contributed by atoms with E-state index in [9.17, 15) is 13.2 Å². The Balaban J connectivity index is 1.64. The predicted molar refractivity (Wildman–Crippen MR) is 94.2 cm³/mol. The Morgan fingerprint density at radius 3 is 1.96 bits per heavy atom. The lowest BCUT2D eigenvalue weighted by molar-refractivity contribution is 0.0724. The highest BCUT2D eigenvalue weighted by Crippen LogP contribution is 2.18. The first-order chi connectivity index (χ1) is 11.6. The molecule has 2 heterocycles. The highest BCUT2D eigenvalue weighted by Gasteiger charge is 2.24. The van der Waals surface area contributed by atoms with Crippen LogP contribution in [0, 0.1) is 0 Å². The Kier molecular flexibility index (Phi) is 5.56. The molecule has 0 saturated carbocycles. The van der Waals surface area contributed by atoms with Crippen LogP contribution in [0.1, 0.15) is 54.4 Å². The minimum Gasteiger partial charge on any atom is -0.339 e. The molecule has 2 aliphatic rings. The number of benzene rings is 1. The molecule has 1 aromatic carbocycles. The maximum Gasteiger partial charge on any atom is 0.253 e. The summed E-state index contributed by atoms with van der Waals surface area (Å²) in [5.74, 6) is 0.0747. The van der Waals surface area contributed by atoms with E-state index in [0.717, 1.165) is 50.8 Å². The molecular weight excluding hydrogens is 324 g/mol. The molecule has 0 radical (unpaired) electrons. The number of hydrogen-bond acceptors (Lipinski definition) is 3. The van der Waals surface area contributed by atoms with Crippen LogP contribution < -0.4 is 0 Å². The Morgan fingerprint density at radius 2 is 1.38 bits per heavy atom. The molecule has 2 saturated heterocycles. The number of piperidine rings is 2. The number of carbonyl (C=O) groups excluding carboxylic acids is 1. The molecule has 0 aromatic heterocycles. The molecule has 5 nitrogen and oxygen atoms in total. The molecule has 3 rings (SSSR count). The van der Waals surface area contributed by atoms with E-state index in [2.05, 4.69) is 0 Å². The van der Waals surface area contributed by atoms with Crippen LogP contribution in [-0.2, 0) is 15.8 Å². The molecule has 0 unspecified atom stereocenters. The quantitative estimate of drug-likeness (QED) is 0.839. The number of likely N-dealkylation sites (tertiary alicyclic amines) is 1. The Morgan fingerprint density at radius 1 is 0.833 bits per heavy atom. The van der Waals surface area contributed by atoms with E-state index in [1.165, 1.54) is 6.42 Å². The minimum atomic E-state index is -3.25. The van der Waals surface area contributed by atoms with E-state index in [0.29, 0.717) is 18.7 Å². The van der Waals surface area contributed by atoms with Crippen molar-refractivity contribution in [1.29, 1.82) is 0 Å². The van der Waals surface area contributed by atoms with Crippen LogP contribution >= 0.6 is 0 Å². The zero-order valence-corrected chi connectivity index (χ0v) is 14.9. The Bertz CT molecular complexity index is 658. The van der Waals surface area contributed by atoms with Gasteiger partial charge in [-0.2, -0.15) is 0 Å². The van der Waals surface area contributed by atoms with Crippen LogP contribution in [0.2, 0.25) is 0 Å².